The molecule has 1 aromatic heterocycles. The smallest absolute Gasteiger partial charge is 0.370 e. The fourth-order valence-electron chi connectivity index (χ4n) is 2.58. The van der Waals surface area contributed by atoms with E-state index in [-0.39, 0.29) is 16.7 Å². The molecule has 0 unspecified atom stereocenters. The van der Waals surface area contributed by atoms with E-state index in [9.17, 15) is 18.8 Å². The van der Waals surface area contributed by atoms with E-state index in [1.165, 1.54) is 24.5 Å². The van der Waals surface area contributed by atoms with Gasteiger partial charge in [0.15, 0.2) is 5.58 Å². The molecule has 2 heterocycles. The van der Waals surface area contributed by atoms with Crippen molar-refractivity contribution in [3.63, 3.8) is 0 Å². The zero-order valence-electron chi connectivity index (χ0n) is 12.0. The largest absolute Gasteiger partial charge is 0.463 e. The van der Waals surface area contributed by atoms with E-state index in [1.807, 2.05) is 0 Å². The quantitative estimate of drug-likeness (QED) is 0.677. The number of furan rings is 1. The summed E-state index contributed by atoms with van der Waals surface area (Å²) in [6, 6.07) is 10.1. The number of carbonyl (C=O) groups excluding carboxylic acids is 3. The van der Waals surface area contributed by atoms with E-state index in [4.69, 9.17) is 9.25 Å². The summed E-state index contributed by atoms with van der Waals surface area (Å²) in [7, 11) is 0. The SMILES string of the molecule is O=C(ON1C(=O)c2ccccc2C1=O)c1c(F)ccc2ccoc12. The topological polar surface area (TPSA) is 76.8 Å². The number of rotatable bonds is 2. The third-order valence-electron chi connectivity index (χ3n) is 3.71. The normalized spacial score (nSPS) is 13.5. The Balaban J connectivity index is 1.70. The fraction of sp³-hybridized carbons (Fsp3) is 0. The molecule has 0 bridgehead atoms. The molecule has 0 fully saturated rings. The first-order chi connectivity index (χ1) is 11.6. The molecule has 0 saturated carbocycles. The minimum atomic E-state index is -1.19. The van der Waals surface area contributed by atoms with Crippen LogP contribution in [0.2, 0.25) is 0 Å². The van der Waals surface area contributed by atoms with Gasteiger partial charge in [-0.05, 0) is 30.3 Å². The predicted molar refractivity (Wildman–Crippen MR) is 78.5 cm³/mol. The standard InChI is InChI=1S/C17H8FNO5/c18-12-6-5-9-7-8-23-14(9)13(12)17(22)24-19-15(20)10-3-1-2-4-11(10)16(19)21/h1-8H. The maximum absolute atomic E-state index is 14.0. The van der Waals surface area contributed by atoms with Crippen molar-refractivity contribution in [2.24, 2.45) is 0 Å². The number of fused-ring (bicyclic) bond motifs is 2. The van der Waals surface area contributed by atoms with E-state index in [1.54, 1.807) is 18.2 Å². The van der Waals surface area contributed by atoms with Crippen molar-refractivity contribution in [3.8, 4) is 0 Å². The Hall–Kier alpha value is -3.48. The fourth-order valence-corrected chi connectivity index (χ4v) is 2.58. The van der Waals surface area contributed by atoms with Gasteiger partial charge in [-0.25, -0.2) is 9.18 Å². The van der Waals surface area contributed by atoms with E-state index in [0.29, 0.717) is 10.4 Å². The lowest BCUT2D eigenvalue weighted by Crippen LogP contribution is -2.33. The molecule has 6 nitrogen and oxygen atoms in total. The molecule has 0 atom stereocenters. The number of halogens is 1. The summed E-state index contributed by atoms with van der Waals surface area (Å²) in [4.78, 5) is 41.5. The van der Waals surface area contributed by atoms with Crippen LogP contribution < -0.4 is 0 Å². The molecule has 0 N–H and O–H groups in total. The zero-order valence-corrected chi connectivity index (χ0v) is 12.0. The van der Waals surface area contributed by atoms with Crippen molar-refractivity contribution in [1.82, 2.24) is 5.06 Å². The highest BCUT2D eigenvalue weighted by Crippen LogP contribution is 2.27. The summed E-state index contributed by atoms with van der Waals surface area (Å²) < 4.78 is 19.1. The third kappa shape index (κ3) is 1.91. The van der Waals surface area contributed by atoms with Crippen molar-refractivity contribution >= 4 is 28.8 Å². The van der Waals surface area contributed by atoms with Crippen LogP contribution in [-0.4, -0.2) is 22.8 Å². The number of hydroxylamine groups is 2. The molecular weight excluding hydrogens is 317 g/mol. The number of hydrogen-bond acceptors (Lipinski definition) is 5. The molecule has 0 spiro atoms. The Kier molecular flexibility index (Phi) is 2.96. The van der Waals surface area contributed by atoms with Crippen molar-refractivity contribution in [3.05, 3.63) is 71.2 Å². The molecular formula is C17H8FNO5. The Morgan fingerprint density at radius 2 is 1.67 bits per heavy atom. The number of amides is 2. The molecule has 7 heteroatoms. The summed E-state index contributed by atoms with van der Waals surface area (Å²) in [6.45, 7) is 0. The molecule has 0 saturated heterocycles. The van der Waals surface area contributed by atoms with Crippen molar-refractivity contribution in [2.75, 3.05) is 0 Å². The number of carbonyl (C=O) groups is 3. The van der Waals surface area contributed by atoms with Crippen LogP contribution in [0.5, 0.6) is 0 Å². The van der Waals surface area contributed by atoms with Crippen LogP contribution in [-0.2, 0) is 4.84 Å². The summed E-state index contributed by atoms with van der Waals surface area (Å²) in [5.41, 5.74) is -0.260. The first-order valence-electron chi connectivity index (χ1n) is 6.94. The van der Waals surface area contributed by atoms with Crippen LogP contribution in [0, 0.1) is 5.82 Å². The number of hydrogen-bond donors (Lipinski definition) is 0. The van der Waals surface area contributed by atoms with Gasteiger partial charge in [-0.15, -0.1) is 0 Å². The van der Waals surface area contributed by atoms with Gasteiger partial charge < -0.3 is 9.25 Å². The second-order valence-corrected chi connectivity index (χ2v) is 5.09. The maximum Gasteiger partial charge on any atom is 0.370 e. The molecule has 24 heavy (non-hydrogen) atoms. The monoisotopic (exact) mass is 325 g/mol. The van der Waals surface area contributed by atoms with Gasteiger partial charge in [-0.2, -0.15) is 0 Å². The first kappa shape index (κ1) is 14.1. The Morgan fingerprint density at radius 3 is 2.33 bits per heavy atom. The van der Waals surface area contributed by atoms with Crippen LogP contribution in [0.1, 0.15) is 31.1 Å². The number of nitrogens with zero attached hydrogens (tertiary/aromatic N) is 1. The number of benzene rings is 2. The first-order valence-corrected chi connectivity index (χ1v) is 6.94. The minimum absolute atomic E-state index is 0.0170. The summed E-state index contributed by atoms with van der Waals surface area (Å²) in [5.74, 6) is -3.63. The average molecular weight is 325 g/mol. The second kappa shape index (κ2) is 5.02. The molecule has 1 aliphatic rings. The Bertz CT molecular complexity index is 988. The molecule has 0 aliphatic carbocycles. The zero-order chi connectivity index (χ0) is 16.8. The maximum atomic E-state index is 14.0. The molecule has 1 aliphatic heterocycles. The summed E-state index contributed by atoms with van der Waals surface area (Å²) in [6.07, 6.45) is 1.29. The minimum Gasteiger partial charge on any atom is -0.463 e. The number of imide groups is 1. The van der Waals surface area contributed by atoms with Gasteiger partial charge in [0.05, 0.1) is 17.4 Å². The lowest BCUT2D eigenvalue weighted by Gasteiger charge is -2.13. The lowest BCUT2D eigenvalue weighted by molar-refractivity contribution is -0.0586. The van der Waals surface area contributed by atoms with Crippen LogP contribution >= 0.6 is 0 Å². The molecule has 118 valence electrons. The molecule has 2 aromatic carbocycles. The van der Waals surface area contributed by atoms with Gasteiger partial charge in [0.25, 0.3) is 11.8 Å². The second-order valence-electron chi connectivity index (χ2n) is 5.09. The Morgan fingerprint density at radius 1 is 1.00 bits per heavy atom. The molecule has 3 aromatic rings. The molecule has 4 rings (SSSR count). The highest BCUT2D eigenvalue weighted by molar-refractivity contribution is 6.21. The van der Waals surface area contributed by atoms with E-state index in [0.717, 1.165) is 6.07 Å². The van der Waals surface area contributed by atoms with Crippen LogP contribution in [0.3, 0.4) is 0 Å². The average Bonchev–Trinajstić information content (AvgIpc) is 3.14. The Labute approximate surface area is 134 Å². The van der Waals surface area contributed by atoms with E-state index >= 15 is 0 Å². The highest BCUT2D eigenvalue weighted by Gasteiger charge is 2.39. The predicted octanol–water partition coefficient (Wildman–Crippen LogP) is 2.94. The van der Waals surface area contributed by atoms with Crippen molar-refractivity contribution in [1.29, 1.82) is 0 Å². The van der Waals surface area contributed by atoms with Gasteiger partial charge >= 0.3 is 5.97 Å². The van der Waals surface area contributed by atoms with Gasteiger partial charge in [-0.1, -0.05) is 17.2 Å². The van der Waals surface area contributed by atoms with Crippen LogP contribution in [0.4, 0.5) is 4.39 Å². The van der Waals surface area contributed by atoms with E-state index < -0.39 is 29.2 Å². The van der Waals surface area contributed by atoms with Crippen molar-refractivity contribution in [2.45, 2.75) is 0 Å². The molecule has 0 radical (unpaired) electrons. The third-order valence-corrected chi connectivity index (χ3v) is 3.71. The summed E-state index contributed by atoms with van der Waals surface area (Å²) in [5, 5.41) is 0.819. The van der Waals surface area contributed by atoms with Gasteiger partial charge in [-0.3, -0.25) is 9.59 Å². The molecule has 2 amide bonds. The van der Waals surface area contributed by atoms with Crippen molar-refractivity contribution < 1.29 is 28.0 Å². The highest BCUT2D eigenvalue weighted by atomic mass is 19.1. The van der Waals surface area contributed by atoms with E-state index in [2.05, 4.69) is 0 Å². The lowest BCUT2D eigenvalue weighted by atomic mass is 10.1. The van der Waals surface area contributed by atoms with Crippen LogP contribution in [0.25, 0.3) is 11.0 Å². The summed E-state index contributed by atoms with van der Waals surface area (Å²) >= 11 is 0. The van der Waals surface area contributed by atoms with Gasteiger partial charge in [0, 0.05) is 5.39 Å². The van der Waals surface area contributed by atoms with Gasteiger partial charge in [0.2, 0.25) is 0 Å². The van der Waals surface area contributed by atoms with Gasteiger partial charge in [0.1, 0.15) is 11.4 Å². The van der Waals surface area contributed by atoms with Crippen LogP contribution in [0.15, 0.2) is 53.1 Å².